The second-order valence-electron chi connectivity index (χ2n) is 6.13. The van der Waals surface area contributed by atoms with Gasteiger partial charge in [0.05, 0.1) is 16.4 Å². The highest BCUT2D eigenvalue weighted by molar-refractivity contribution is 7.13. The summed E-state index contributed by atoms with van der Waals surface area (Å²) in [5.74, 6) is -1.29. The average Bonchev–Trinajstić information content (AvgIpc) is 3.14. The zero-order valence-electron chi connectivity index (χ0n) is 13.1. The van der Waals surface area contributed by atoms with Crippen LogP contribution in [0.1, 0.15) is 23.7 Å². The van der Waals surface area contributed by atoms with Crippen LogP contribution in [-0.4, -0.2) is 44.8 Å². The Balaban J connectivity index is 1.90. The van der Waals surface area contributed by atoms with E-state index in [2.05, 4.69) is 5.10 Å². The van der Waals surface area contributed by atoms with E-state index in [1.54, 1.807) is 22.8 Å². The summed E-state index contributed by atoms with van der Waals surface area (Å²) >= 11 is 1.53. The number of hydrogen-bond acceptors (Lipinski definition) is 4. The van der Waals surface area contributed by atoms with Crippen molar-refractivity contribution in [3.63, 3.8) is 0 Å². The van der Waals surface area contributed by atoms with E-state index in [9.17, 15) is 14.7 Å². The lowest BCUT2D eigenvalue weighted by atomic mass is 9.90. The fourth-order valence-electron chi connectivity index (χ4n) is 3.11. The maximum Gasteiger partial charge on any atom is 0.308 e. The van der Waals surface area contributed by atoms with Gasteiger partial charge in [-0.2, -0.15) is 5.10 Å². The van der Waals surface area contributed by atoms with Crippen LogP contribution in [0.5, 0.6) is 0 Å². The lowest BCUT2D eigenvalue weighted by Gasteiger charge is -2.34. The van der Waals surface area contributed by atoms with Crippen LogP contribution in [0.4, 0.5) is 0 Å². The van der Waals surface area contributed by atoms with Crippen molar-refractivity contribution >= 4 is 23.2 Å². The molecule has 2 atom stereocenters. The van der Waals surface area contributed by atoms with Gasteiger partial charge in [-0.05, 0) is 23.8 Å². The van der Waals surface area contributed by atoms with E-state index >= 15 is 0 Å². The molecule has 1 fully saturated rings. The number of aromatic nitrogens is 2. The van der Waals surface area contributed by atoms with Gasteiger partial charge in [0, 0.05) is 26.3 Å². The lowest BCUT2D eigenvalue weighted by molar-refractivity contribution is -0.143. The average molecular weight is 333 g/mol. The molecule has 1 aliphatic heterocycles. The van der Waals surface area contributed by atoms with Crippen molar-refractivity contribution in [1.82, 2.24) is 14.7 Å². The van der Waals surface area contributed by atoms with Crippen LogP contribution >= 0.6 is 11.3 Å². The molecule has 0 aromatic carbocycles. The maximum absolute atomic E-state index is 12.9. The van der Waals surface area contributed by atoms with Gasteiger partial charge in [-0.25, -0.2) is 0 Å². The Labute approximate surface area is 138 Å². The predicted octanol–water partition coefficient (Wildman–Crippen LogP) is 2.33. The summed E-state index contributed by atoms with van der Waals surface area (Å²) in [6.45, 7) is 2.83. The number of carbonyl (C=O) groups excluding carboxylic acids is 1. The molecule has 0 bridgehead atoms. The predicted molar refractivity (Wildman–Crippen MR) is 87.3 cm³/mol. The first-order valence-corrected chi connectivity index (χ1v) is 8.43. The molecule has 2 aromatic heterocycles. The first kappa shape index (κ1) is 15.7. The number of amides is 1. The number of carboxylic acid groups (broad SMARTS) is 1. The van der Waals surface area contributed by atoms with Crippen molar-refractivity contribution < 1.29 is 14.7 Å². The maximum atomic E-state index is 12.9. The van der Waals surface area contributed by atoms with E-state index < -0.39 is 11.9 Å². The topological polar surface area (TPSA) is 75.4 Å². The second kappa shape index (κ2) is 6.16. The zero-order valence-corrected chi connectivity index (χ0v) is 13.9. The highest BCUT2D eigenvalue weighted by atomic mass is 32.1. The minimum atomic E-state index is -0.834. The van der Waals surface area contributed by atoms with Crippen molar-refractivity contribution in [2.75, 3.05) is 13.1 Å². The Hall–Kier alpha value is -2.15. The molecular formula is C16H19N3O3S. The summed E-state index contributed by atoms with van der Waals surface area (Å²) in [6, 6.07) is 3.86. The third-order valence-corrected chi connectivity index (χ3v) is 4.99. The van der Waals surface area contributed by atoms with Gasteiger partial charge < -0.3 is 10.0 Å². The number of aryl methyl sites for hydroxylation is 1. The van der Waals surface area contributed by atoms with E-state index in [-0.39, 0.29) is 18.4 Å². The molecule has 0 radical (unpaired) electrons. The number of carbonyl (C=O) groups is 2. The quantitative estimate of drug-likeness (QED) is 0.935. The Kier molecular flexibility index (Phi) is 4.21. The molecule has 23 heavy (non-hydrogen) atoms. The van der Waals surface area contributed by atoms with Crippen LogP contribution in [0.2, 0.25) is 0 Å². The number of piperidine rings is 1. The number of carboxylic acids is 1. The summed E-state index contributed by atoms with van der Waals surface area (Å²) in [5, 5.41) is 15.6. The van der Waals surface area contributed by atoms with Gasteiger partial charge in [0.2, 0.25) is 0 Å². The third-order valence-electron chi connectivity index (χ3n) is 4.11. The molecule has 3 rings (SSSR count). The number of aliphatic carboxylic acids is 1. The molecule has 6 nitrogen and oxygen atoms in total. The minimum Gasteiger partial charge on any atom is -0.481 e. The van der Waals surface area contributed by atoms with Crippen molar-refractivity contribution in [1.29, 1.82) is 0 Å². The summed E-state index contributed by atoms with van der Waals surface area (Å²) < 4.78 is 1.63. The van der Waals surface area contributed by atoms with Crippen LogP contribution in [0.15, 0.2) is 23.7 Å². The van der Waals surface area contributed by atoms with Gasteiger partial charge >= 0.3 is 5.97 Å². The van der Waals surface area contributed by atoms with E-state index in [0.29, 0.717) is 24.2 Å². The molecule has 3 heterocycles. The Bertz CT molecular complexity index is 723. The molecule has 0 aliphatic carbocycles. The van der Waals surface area contributed by atoms with Crippen LogP contribution in [-0.2, 0) is 11.8 Å². The number of likely N-dealkylation sites (tertiary alicyclic amines) is 1. The smallest absolute Gasteiger partial charge is 0.308 e. The van der Waals surface area contributed by atoms with E-state index in [0.717, 1.165) is 4.88 Å². The number of rotatable bonds is 3. The van der Waals surface area contributed by atoms with Gasteiger partial charge in [-0.15, -0.1) is 11.3 Å². The standard InChI is InChI=1S/C16H19N3O3S/c1-10-6-11(16(21)22)8-19(7-10)15(20)12-9-18(2)17-14(12)13-4-3-5-23-13/h3-5,9-11H,6-8H2,1-2H3,(H,21,22). The molecule has 0 saturated carbocycles. The van der Waals surface area contributed by atoms with Gasteiger partial charge in [-0.1, -0.05) is 13.0 Å². The molecule has 1 aliphatic rings. The SMILES string of the molecule is CC1CC(C(=O)O)CN(C(=O)c2cn(C)nc2-c2cccs2)C1. The molecular weight excluding hydrogens is 314 g/mol. The summed E-state index contributed by atoms with van der Waals surface area (Å²) in [4.78, 5) is 26.8. The number of thiophene rings is 1. The fourth-order valence-corrected chi connectivity index (χ4v) is 3.83. The van der Waals surface area contributed by atoms with Crippen LogP contribution in [0, 0.1) is 11.8 Å². The Morgan fingerprint density at radius 3 is 2.83 bits per heavy atom. The fraction of sp³-hybridized carbons (Fsp3) is 0.438. The summed E-state index contributed by atoms with van der Waals surface area (Å²) in [6.07, 6.45) is 2.33. The highest BCUT2D eigenvalue weighted by Gasteiger charge is 2.33. The molecule has 0 spiro atoms. The largest absolute Gasteiger partial charge is 0.481 e. The van der Waals surface area contributed by atoms with E-state index in [1.807, 2.05) is 24.4 Å². The Morgan fingerprint density at radius 1 is 1.39 bits per heavy atom. The molecule has 1 amide bonds. The van der Waals surface area contributed by atoms with Gasteiger partial charge in [0.15, 0.2) is 0 Å². The monoisotopic (exact) mass is 333 g/mol. The molecule has 2 aromatic rings. The third kappa shape index (κ3) is 3.14. The molecule has 1 saturated heterocycles. The molecule has 122 valence electrons. The normalized spacial score (nSPS) is 21.4. The molecule has 7 heteroatoms. The first-order valence-electron chi connectivity index (χ1n) is 7.55. The first-order chi connectivity index (χ1) is 11.0. The van der Waals surface area contributed by atoms with Crippen molar-refractivity contribution in [2.24, 2.45) is 18.9 Å². The number of nitrogens with zero attached hydrogens (tertiary/aromatic N) is 3. The van der Waals surface area contributed by atoms with Crippen LogP contribution in [0.25, 0.3) is 10.6 Å². The van der Waals surface area contributed by atoms with Crippen molar-refractivity contribution in [3.8, 4) is 10.6 Å². The molecule has 2 unspecified atom stereocenters. The van der Waals surface area contributed by atoms with Crippen LogP contribution < -0.4 is 0 Å². The van der Waals surface area contributed by atoms with Crippen molar-refractivity contribution in [2.45, 2.75) is 13.3 Å². The van der Waals surface area contributed by atoms with Gasteiger partial charge in [0.1, 0.15) is 5.69 Å². The highest BCUT2D eigenvalue weighted by Crippen LogP contribution is 2.29. The zero-order chi connectivity index (χ0) is 16.6. The van der Waals surface area contributed by atoms with Gasteiger partial charge in [-0.3, -0.25) is 14.3 Å². The number of hydrogen-bond donors (Lipinski definition) is 1. The minimum absolute atomic E-state index is 0.140. The molecule has 1 N–H and O–H groups in total. The van der Waals surface area contributed by atoms with Crippen LogP contribution in [0.3, 0.4) is 0 Å². The summed E-state index contributed by atoms with van der Waals surface area (Å²) in [7, 11) is 1.78. The second-order valence-corrected chi connectivity index (χ2v) is 7.08. The van der Waals surface area contributed by atoms with E-state index in [1.165, 1.54) is 11.3 Å². The summed E-state index contributed by atoms with van der Waals surface area (Å²) in [5.41, 5.74) is 1.20. The van der Waals surface area contributed by atoms with Gasteiger partial charge in [0.25, 0.3) is 5.91 Å². The van der Waals surface area contributed by atoms with E-state index in [4.69, 9.17) is 0 Å². The lowest BCUT2D eigenvalue weighted by Crippen LogP contribution is -2.45. The Morgan fingerprint density at radius 2 is 2.17 bits per heavy atom. The van der Waals surface area contributed by atoms with Crippen molar-refractivity contribution in [3.05, 3.63) is 29.3 Å².